The molecule has 0 aliphatic carbocycles. The van der Waals surface area contributed by atoms with Gasteiger partial charge in [-0.25, -0.2) is 9.78 Å². The van der Waals surface area contributed by atoms with Crippen LogP contribution in [0.3, 0.4) is 0 Å². The Balaban J connectivity index is 1.25. The van der Waals surface area contributed by atoms with Gasteiger partial charge < -0.3 is 20.4 Å². The lowest BCUT2D eigenvalue weighted by Gasteiger charge is -2.34. The second-order valence-corrected chi connectivity index (χ2v) is 10.4. The van der Waals surface area contributed by atoms with Gasteiger partial charge >= 0.3 is 6.03 Å². The van der Waals surface area contributed by atoms with E-state index in [0.717, 1.165) is 48.2 Å². The Morgan fingerprint density at radius 2 is 1.69 bits per heavy atom. The van der Waals surface area contributed by atoms with E-state index in [1.165, 1.54) is 5.56 Å². The molecule has 0 atom stereocenters. The zero-order chi connectivity index (χ0) is 27.5. The second-order valence-electron chi connectivity index (χ2n) is 10.4. The van der Waals surface area contributed by atoms with Crippen LogP contribution in [0.1, 0.15) is 48.5 Å². The number of carbonyl (C=O) groups is 2. The molecule has 0 unspecified atom stereocenters. The summed E-state index contributed by atoms with van der Waals surface area (Å²) in [5.74, 6) is 0.856. The van der Waals surface area contributed by atoms with Crippen molar-refractivity contribution in [2.24, 2.45) is 0 Å². The quantitative estimate of drug-likeness (QED) is 0.332. The molecule has 2 N–H and O–H groups in total. The van der Waals surface area contributed by atoms with Gasteiger partial charge in [-0.05, 0) is 93.7 Å². The lowest BCUT2D eigenvalue weighted by Crippen LogP contribution is -2.37. The topological polar surface area (TPSA) is 82.5 Å². The molecule has 1 aliphatic heterocycles. The average molecular weight is 525 g/mol. The summed E-state index contributed by atoms with van der Waals surface area (Å²) in [5.41, 5.74) is 4.59. The third-order valence-electron chi connectivity index (χ3n) is 7.77. The molecule has 8 nitrogen and oxygen atoms in total. The Morgan fingerprint density at radius 3 is 2.38 bits per heavy atom. The van der Waals surface area contributed by atoms with Gasteiger partial charge in [0.05, 0.1) is 5.52 Å². The number of nitrogens with zero attached hydrogens (tertiary/aromatic N) is 4. The Kier molecular flexibility index (Phi) is 7.65. The summed E-state index contributed by atoms with van der Waals surface area (Å²) in [5, 5.41) is 6.55. The van der Waals surface area contributed by atoms with Crippen molar-refractivity contribution >= 4 is 40.0 Å². The van der Waals surface area contributed by atoms with E-state index in [-0.39, 0.29) is 11.9 Å². The monoisotopic (exact) mass is 524 g/mol. The summed E-state index contributed by atoms with van der Waals surface area (Å²) in [7, 11) is 3.57. The molecule has 3 heterocycles. The summed E-state index contributed by atoms with van der Waals surface area (Å²) in [6.07, 6.45) is 5.76. The smallest absolute Gasteiger partial charge is 0.325 e. The van der Waals surface area contributed by atoms with Gasteiger partial charge in [-0.15, -0.1) is 0 Å². The van der Waals surface area contributed by atoms with Gasteiger partial charge in [0.15, 0.2) is 0 Å². The number of anilines is 3. The molecule has 0 bridgehead atoms. The SMILES string of the molecule is CNC(=O)n1ccc2cc(N(C)c3ccnc(NC(=O)c4ccc(C5CCN(C(C)C)CC5)cc4)c3)ccc21. The first kappa shape index (κ1) is 26.4. The maximum atomic E-state index is 13.0. The van der Waals surface area contributed by atoms with Crippen LogP contribution in [0.4, 0.5) is 22.0 Å². The minimum absolute atomic E-state index is 0.178. The number of piperidine rings is 1. The molecular weight excluding hydrogens is 488 g/mol. The zero-order valence-corrected chi connectivity index (χ0v) is 23.0. The van der Waals surface area contributed by atoms with Gasteiger partial charge in [-0.2, -0.15) is 0 Å². The molecule has 1 aliphatic rings. The van der Waals surface area contributed by atoms with E-state index in [0.29, 0.717) is 23.3 Å². The number of likely N-dealkylation sites (tertiary alicyclic amines) is 1. The molecule has 1 fully saturated rings. The molecule has 8 heteroatoms. The zero-order valence-electron chi connectivity index (χ0n) is 23.0. The number of hydrogen-bond donors (Lipinski definition) is 2. The van der Waals surface area contributed by atoms with Gasteiger partial charge in [-0.1, -0.05) is 12.1 Å². The summed E-state index contributed by atoms with van der Waals surface area (Å²) < 4.78 is 1.58. The van der Waals surface area contributed by atoms with Gasteiger partial charge in [-0.3, -0.25) is 9.36 Å². The first-order valence-corrected chi connectivity index (χ1v) is 13.5. The second kappa shape index (κ2) is 11.3. The van der Waals surface area contributed by atoms with Crippen LogP contribution >= 0.6 is 0 Å². The van der Waals surface area contributed by atoms with E-state index in [1.807, 2.05) is 60.5 Å². The fourth-order valence-electron chi connectivity index (χ4n) is 5.33. The first-order chi connectivity index (χ1) is 18.8. The van der Waals surface area contributed by atoms with Crippen LogP contribution in [0.25, 0.3) is 10.9 Å². The van der Waals surface area contributed by atoms with E-state index in [2.05, 4.69) is 46.5 Å². The van der Waals surface area contributed by atoms with Crippen LogP contribution < -0.4 is 15.5 Å². The Hall–Kier alpha value is -4.17. The number of amides is 2. The van der Waals surface area contributed by atoms with E-state index in [4.69, 9.17) is 0 Å². The number of fused-ring (bicyclic) bond motifs is 1. The summed E-state index contributed by atoms with van der Waals surface area (Å²) in [6, 6.07) is 20.0. The Bertz CT molecular complexity index is 1470. The van der Waals surface area contributed by atoms with Crippen LogP contribution in [0.2, 0.25) is 0 Å². The highest BCUT2D eigenvalue weighted by Crippen LogP contribution is 2.30. The number of pyridine rings is 1. The highest BCUT2D eigenvalue weighted by atomic mass is 16.2. The van der Waals surface area contributed by atoms with Gasteiger partial charge in [0.2, 0.25) is 0 Å². The van der Waals surface area contributed by atoms with Crippen molar-refractivity contribution in [2.75, 3.05) is 37.4 Å². The van der Waals surface area contributed by atoms with Gasteiger partial charge in [0.25, 0.3) is 5.91 Å². The summed E-state index contributed by atoms with van der Waals surface area (Å²) >= 11 is 0. The third kappa shape index (κ3) is 5.66. The van der Waals surface area contributed by atoms with Crippen LogP contribution in [0.15, 0.2) is 73.1 Å². The van der Waals surface area contributed by atoms with Gasteiger partial charge in [0, 0.05) is 60.9 Å². The molecule has 39 heavy (non-hydrogen) atoms. The van der Waals surface area contributed by atoms with E-state index < -0.39 is 0 Å². The van der Waals surface area contributed by atoms with Crippen molar-refractivity contribution in [3.63, 3.8) is 0 Å². The van der Waals surface area contributed by atoms with E-state index >= 15 is 0 Å². The largest absolute Gasteiger partial charge is 0.344 e. The Labute approximate surface area is 229 Å². The lowest BCUT2D eigenvalue weighted by atomic mass is 9.88. The third-order valence-corrected chi connectivity index (χ3v) is 7.77. The van der Waals surface area contributed by atoms with Crippen LogP contribution in [-0.4, -0.2) is 59.6 Å². The molecule has 2 aromatic heterocycles. The molecule has 2 aromatic carbocycles. The number of rotatable bonds is 6. The lowest BCUT2D eigenvalue weighted by molar-refractivity contribution is 0.102. The maximum Gasteiger partial charge on any atom is 0.325 e. The number of hydrogen-bond acceptors (Lipinski definition) is 5. The average Bonchev–Trinajstić information content (AvgIpc) is 3.40. The van der Waals surface area contributed by atoms with Crippen molar-refractivity contribution < 1.29 is 9.59 Å². The number of carbonyl (C=O) groups excluding carboxylic acids is 2. The molecule has 0 spiro atoms. The van der Waals surface area contributed by atoms with Crippen molar-refractivity contribution in [1.29, 1.82) is 0 Å². The highest BCUT2D eigenvalue weighted by Gasteiger charge is 2.22. The van der Waals surface area contributed by atoms with Crippen LogP contribution in [0, 0.1) is 0 Å². The molecule has 5 rings (SSSR count). The number of aromatic nitrogens is 2. The first-order valence-electron chi connectivity index (χ1n) is 13.5. The Morgan fingerprint density at radius 1 is 0.974 bits per heavy atom. The van der Waals surface area contributed by atoms with Crippen molar-refractivity contribution in [1.82, 2.24) is 19.8 Å². The molecule has 2 amide bonds. The van der Waals surface area contributed by atoms with Crippen LogP contribution in [-0.2, 0) is 0 Å². The fourth-order valence-corrected chi connectivity index (χ4v) is 5.33. The fraction of sp³-hybridized carbons (Fsp3) is 0.323. The molecule has 4 aromatic rings. The summed E-state index contributed by atoms with van der Waals surface area (Å²) in [4.78, 5) is 34.0. The van der Waals surface area contributed by atoms with Crippen molar-refractivity contribution in [3.05, 3.63) is 84.2 Å². The van der Waals surface area contributed by atoms with E-state index in [1.54, 1.807) is 24.0 Å². The molecule has 1 saturated heterocycles. The van der Waals surface area contributed by atoms with Crippen LogP contribution in [0.5, 0.6) is 0 Å². The van der Waals surface area contributed by atoms with Crippen molar-refractivity contribution in [3.8, 4) is 0 Å². The minimum atomic E-state index is -0.180. The summed E-state index contributed by atoms with van der Waals surface area (Å²) in [6.45, 7) is 6.75. The predicted molar refractivity (Wildman–Crippen MR) is 157 cm³/mol. The predicted octanol–water partition coefficient (Wildman–Crippen LogP) is 5.83. The molecule has 0 radical (unpaired) electrons. The van der Waals surface area contributed by atoms with Gasteiger partial charge in [0.1, 0.15) is 5.82 Å². The standard InChI is InChI=1S/C31H36N6O2/c1-21(2)36-16-12-23(13-17-36)22-5-7-24(8-6-22)30(38)34-29-20-27(11-15-33-29)35(4)26-9-10-28-25(19-26)14-18-37(28)31(39)32-3/h5-11,14-15,18-21,23H,12-13,16-17H2,1-4H3,(H,32,39)(H,33,34,38). The minimum Gasteiger partial charge on any atom is -0.344 e. The number of nitrogens with one attached hydrogen (secondary N) is 2. The molecular formula is C31H36N6O2. The maximum absolute atomic E-state index is 13.0. The molecule has 202 valence electrons. The number of benzene rings is 2. The molecule has 0 saturated carbocycles. The van der Waals surface area contributed by atoms with Crippen molar-refractivity contribution in [2.45, 2.75) is 38.6 Å². The van der Waals surface area contributed by atoms with E-state index in [9.17, 15) is 9.59 Å². The highest BCUT2D eigenvalue weighted by molar-refractivity contribution is 6.04. The normalized spacial score (nSPS) is 14.5.